The zero-order valence-electron chi connectivity index (χ0n) is 8.91. The third-order valence-electron chi connectivity index (χ3n) is 2.83. The van der Waals surface area contributed by atoms with Gasteiger partial charge in [0.25, 0.3) is 0 Å². The van der Waals surface area contributed by atoms with Gasteiger partial charge in [0.1, 0.15) is 5.82 Å². The molecule has 1 atom stereocenters. The Balaban J connectivity index is 2.16. The van der Waals surface area contributed by atoms with Crippen LogP contribution in [0.25, 0.3) is 0 Å². The Morgan fingerprint density at radius 1 is 1.60 bits per heavy atom. The van der Waals surface area contributed by atoms with Gasteiger partial charge in [0, 0.05) is 36.3 Å². The first-order chi connectivity index (χ1) is 7.31. The number of nitrogens with one attached hydrogen (secondary N) is 1. The van der Waals surface area contributed by atoms with Gasteiger partial charge in [-0.3, -0.25) is 0 Å². The molecule has 82 valence electrons. The van der Waals surface area contributed by atoms with Gasteiger partial charge in [0.2, 0.25) is 0 Å². The van der Waals surface area contributed by atoms with Gasteiger partial charge < -0.3 is 10.2 Å². The van der Waals surface area contributed by atoms with E-state index in [0.29, 0.717) is 6.04 Å². The molecule has 0 saturated carbocycles. The molecule has 0 aromatic carbocycles. The molecule has 1 aromatic rings. The fourth-order valence-corrected chi connectivity index (χ4v) is 2.20. The van der Waals surface area contributed by atoms with Gasteiger partial charge in [-0.15, -0.1) is 0 Å². The fraction of sp³-hybridized carbons (Fsp3) is 0.545. The molecule has 1 aliphatic rings. The summed E-state index contributed by atoms with van der Waals surface area (Å²) in [6.07, 6.45) is 3.02. The van der Waals surface area contributed by atoms with E-state index in [4.69, 9.17) is 0 Å². The molecule has 1 N–H and O–H groups in total. The Bertz CT molecular complexity index is 312. The lowest BCUT2D eigenvalue weighted by atomic mass is 10.1. The summed E-state index contributed by atoms with van der Waals surface area (Å²) in [6.45, 7) is 5.39. The lowest BCUT2D eigenvalue weighted by Crippen LogP contribution is -2.51. The van der Waals surface area contributed by atoms with Crippen LogP contribution in [0.5, 0.6) is 0 Å². The molecule has 1 aromatic heterocycles. The maximum absolute atomic E-state index is 4.45. The van der Waals surface area contributed by atoms with Crippen molar-refractivity contribution in [3.05, 3.63) is 22.8 Å². The topological polar surface area (TPSA) is 28.2 Å². The second-order valence-corrected chi connectivity index (χ2v) is 4.71. The maximum atomic E-state index is 4.45. The summed E-state index contributed by atoms with van der Waals surface area (Å²) in [7, 11) is 0. The number of halogens is 1. The Morgan fingerprint density at radius 2 is 2.47 bits per heavy atom. The zero-order chi connectivity index (χ0) is 10.7. The summed E-state index contributed by atoms with van der Waals surface area (Å²) < 4.78 is 1.04. The van der Waals surface area contributed by atoms with E-state index in [1.807, 2.05) is 6.20 Å². The summed E-state index contributed by atoms with van der Waals surface area (Å²) in [4.78, 5) is 6.84. The third-order valence-corrected chi connectivity index (χ3v) is 3.30. The quantitative estimate of drug-likeness (QED) is 0.891. The predicted octanol–water partition coefficient (Wildman–Crippen LogP) is 2.03. The number of rotatable bonds is 2. The van der Waals surface area contributed by atoms with Crippen LogP contribution in [-0.4, -0.2) is 30.7 Å². The summed E-state index contributed by atoms with van der Waals surface area (Å²) in [6, 6.07) is 4.71. The molecular formula is C11H16BrN3. The highest BCUT2D eigenvalue weighted by atomic mass is 79.9. The minimum atomic E-state index is 0.576. The first-order valence-corrected chi connectivity index (χ1v) is 6.19. The van der Waals surface area contributed by atoms with E-state index < -0.39 is 0 Å². The minimum absolute atomic E-state index is 0.576. The molecular weight excluding hydrogens is 254 g/mol. The van der Waals surface area contributed by atoms with Gasteiger partial charge in [-0.25, -0.2) is 4.98 Å². The van der Waals surface area contributed by atoms with Crippen molar-refractivity contribution >= 4 is 21.7 Å². The molecule has 0 bridgehead atoms. The molecule has 3 nitrogen and oxygen atoms in total. The predicted molar refractivity (Wildman–Crippen MR) is 66.2 cm³/mol. The lowest BCUT2D eigenvalue weighted by molar-refractivity contribution is 0.463. The molecule has 0 radical (unpaired) electrons. The van der Waals surface area contributed by atoms with Gasteiger partial charge in [-0.05, 0) is 34.5 Å². The normalized spacial score (nSPS) is 21.7. The van der Waals surface area contributed by atoms with E-state index in [2.05, 4.69) is 50.2 Å². The number of hydrogen-bond donors (Lipinski definition) is 1. The van der Waals surface area contributed by atoms with Crippen LogP contribution in [0.4, 0.5) is 5.82 Å². The fourth-order valence-electron chi connectivity index (χ4n) is 1.97. The van der Waals surface area contributed by atoms with Crippen molar-refractivity contribution in [3.8, 4) is 0 Å². The molecule has 1 saturated heterocycles. The molecule has 1 aliphatic heterocycles. The van der Waals surface area contributed by atoms with Crippen molar-refractivity contribution in [3.63, 3.8) is 0 Å². The molecule has 2 rings (SSSR count). The summed E-state index contributed by atoms with van der Waals surface area (Å²) >= 11 is 3.41. The smallest absolute Gasteiger partial charge is 0.128 e. The average Bonchev–Trinajstić information content (AvgIpc) is 2.30. The summed E-state index contributed by atoms with van der Waals surface area (Å²) in [5, 5.41) is 3.42. The van der Waals surface area contributed by atoms with Crippen LogP contribution < -0.4 is 10.2 Å². The van der Waals surface area contributed by atoms with E-state index in [-0.39, 0.29) is 0 Å². The van der Waals surface area contributed by atoms with Crippen LogP contribution >= 0.6 is 15.9 Å². The Labute approximate surface area is 99.0 Å². The number of hydrogen-bond acceptors (Lipinski definition) is 3. The highest BCUT2D eigenvalue weighted by molar-refractivity contribution is 9.10. The number of anilines is 1. The van der Waals surface area contributed by atoms with Crippen molar-refractivity contribution in [2.45, 2.75) is 19.4 Å². The highest BCUT2D eigenvalue weighted by Gasteiger charge is 2.21. The molecule has 0 amide bonds. The molecule has 0 aliphatic carbocycles. The van der Waals surface area contributed by atoms with Crippen molar-refractivity contribution < 1.29 is 0 Å². The third kappa shape index (κ3) is 2.49. The van der Waals surface area contributed by atoms with E-state index in [9.17, 15) is 0 Å². The van der Waals surface area contributed by atoms with E-state index in [0.717, 1.165) is 36.3 Å². The van der Waals surface area contributed by atoms with Crippen LogP contribution in [0.15, 0.2) is 22.8 Å². The van der Waals surface area contributed by atoms with E-state index in [1.165, 1.54) is 0 Å². The zero-order valence-corrected chi connectivity index (χ0v) is 10.5. The average molecular weight is 270 g/mol. The molecule has 15 heavy (non-hydrogen) atoms. The minimum Gasteiger partial charge on any atom is -0.351 e. The van der Waals surface area contributed by atoms with Crippen LogP contribution in [-0.2, 0) is 0 Å². The Hall–Kier alpha value is -0.610. The summed E-state index contributed by atoms with van der Waals surface area (Å²) in [5.74, 6) is 1.09. The monoisotopic (exact) mass is 269 g/mol. The first kappa shape index (κ1) is 10.9. The van der Waals surface area contributed by atoms with Gasteiger partial charge in [-0.2, -0.15) is 0 Å². The Morgan fingerprint density at radius 3 is 3.13 bits per heavy atom. The van der Waals surface area contributed by atoms with E-state index in [1.54, 1.807) is 0 Å². The second-order valence-electron chi connectivity index (χ2n) is 3.79. The van der Waals surface area contributed by atoms with Gasteiger partial charge >= 0.3 is 0 Å². The number of piperazine rings is 1. The SMILES string of the molecule is CCC1CNCCN1c1ccc(Br)cn1. The van der Waals surface area contributed by atoms with Crippen LogP contribution in [0.3, 0.4) is 0 Å². The highest BCUT2D eigenvalue weighted by Crippen LogP contribution is 2.19. The van der Waals surface area contributed by atoms with Crippen molar-refractivity contribution in [1.29, 1.82) is 0 Å². The molecule has 0 spiro atoms. The van der Waals surface area contributed by atoms with Crippen LogP contribution in [0, 0.1) is 0 Å². The maximum Gasteiger partial charge on any atom is 0.128 e. The largest absolute Gasteiger partial charge is 0.351 e. The molecule has 2 heterocycles. The number of aromatic nitrogens is 1. The standard InChI is InChI=1S/C11H16BrN3/c1-2-10-8-13-5-6-15(10)11-4-3-9(12)7-14-11/h3-4,7,10,13H,2,5-6,8H2,1H3. The van der Waals surface area contributed by atoms with Crippen molar-refractivity contribution in [2.24, 2.45) is 0 Å². The molecule has 1 fully saturated rings. The number of pyridine rings is 1. The van der Waals surface area contributed by atoms with E-state index >= 15 is 0 Å². The lowest BCUT2D eigenvalue weighted by Gasteiger charge is -2.36. The second kappa shape index (κ2) is 4.94. The molecule has 4 heteroatoms. The van der Waals surface area contributed by atoms with Gasteiger partial charge in [-0.1, -0.05) is 6.92 Å². The van der Waals surface area contributed by atoms with Gasteiger partial charge in [0.15, 0.2) is 0 Å². The van der Waals surface area contributed by atoms with Crippen molar-refractivity contribution in [1.82, 2.24) is 10.3 Å². The summed E-state index contributed by atoms with van der Waals surface area (Å²) in [5.41, 5.74) is 0. The van der Waals surface area contributed by atoms with Crippen LogP contribution in [0.1, 0.15) is 13.3 Å². The first-order valence-electron chi connectivity index (χ1n) is 5.40. The van der Waals surface area contributed by atoms with Crippen LogP contribution in [0.2, 0.25) is 0 Å². The Kier molecular flexibility index (Phi) is 3.59. The van der Waals surface area contributed by atoms with Crippen molar-refractivity contribution in [2.75, 3.05) is 24.5 Å². The van der Waals surface area contributed by atoms with Gasteiger partial charge in [0.05, 0.1) is 0 Å². The number of nitrogens with zero attached hydrogens (tertiary/aromatic N) is 2. The molecule has 1 unspecified atom stereocenters.